The highest BCUT2D eigenvalue weighted by molar-refractivity contribution is 7.19. The second-order valence-corrected chi connectivity index (χ2v) is 9.48. The topological polar surface area (TPSA) is 84.4 Å². The van der Waals surface area contributed by atoms with Crippen LogP contribution in [0.3, 0.4) is 0 Å². The van der Waals surface area contributed by atoms with E-state index in [-0.39, 0.29) is 0 Å². The Bertz CT molecular complexity index is 1310. The standard InChI is InChI=1S/C27H32N6O2S/c1-6-28-27-32-24(19-8-7-9-21(17-19)34-5)25(36-27)22-12-13-29-26(31-22)30-20-10-11-23(18(2)16-20)35-15-14-33(3)4/h7-13,16-17H,6,14-15H2,1-5H3,(H,28,32)(H,29,30,31). The highest BCUT2D eigenvalue weighted by atomic mass is 32.1. The molecule has 4 aromatic rings. The third-order valence-corrected chi connectivity index (χ3v) is 6.45. The number of thiazole rings is 1. The normalized spacial score (nSPS) is 10.9. The molecule has 0 saturated carbocycles. The summed E-state index contributed by atoms with van der Waals surface area (Å²) in [6.45, 7) is 6.39. The van der Waals surface area contributed by atoms with E-state index >= 15 is 0 Å². The molecule has 2 heterocycles. The minimum Gasteiger partial charge on any atom is -0.497 e. The Balaban J connectivity index is 1.59. The largest absolute Gasteiger partial charge is 0.497 e. The maximum absolute atomic E-state index is 5.90. The van der Waals surface area contributed by atoms with Crippen LogP contribution in [0.25, 0.3) is 21.8 Å². The Morgan fingerprint density at radius 3 is 2.67 bits per heavy atom. The van der Waals surface area contributed by atoms with E-state index in [4.69, 9.17) is 19.4 Å². The number of aromatic nitrogens is 3. The fourth-order valence-corrected chi connectivity index (χ4v) is 4.61. The third-order valence-electron chi connectivity index (χ3n) is 5.41. The van der Waals surface area contributed by atoms with Gasteiger partial charge in [-0.15, -0.1) is 0 Å². The molecule has 0 saturated heterocycles. The summed E-state index contributed by atoms with van der Waals surface area (Å²) in [5, 5.41) is 7.50. The number of anilines is 3. The van der Waals surface area contributed by atoms with Crippen molar-refractivity contribution in [2.45, 2.75) is 13.8 Å². The lowest BCUT2D eigenvalue weighted by molar-refractivity contribution is 0.260. The molecule has 0 radical (unpaired) electrons. The van der Waals surface area contributed by atoms with E-state index in [0.717, 1.165) is 62.8 Å². The first kappa shape index (κ1) is 25.4. The molecule has 9 heteroatoms. The Labute approximate surface area is 216 Å². The van der Waals surface area contributed by atoms with Gasteiger partial charge in [0, 0.05) is 30.5 Å². The van der Waals surface area contributed by atoms with Gasteiger partial charge in [-0.25, -0.2) is 15.0 Å². The van der Waals surface area contributed by atoms with Crippen molar-refractivity contribution >= 4 is 28.1 Å². The zero-order chi connectivity index (χ0) is 25.5. The molecule has 0 aliphatic rings. The van der Waals surface area contributed by atoms with E-state index in [1.165, 1.54) is 0 Å². The number of hydrogen-bond acceptors (Lipinski definition) is 9. The number of methoxy groups -OCH3 is 1. The summed E-state index contributed by atoms with van der Waals surface area (Å²) in [4.78, 5) is 17.2. The predicted molar refractivity (Wildman–Crippen MR) is 148 cm³/mol. The molecule has 188 valence electrons. The first-order valence-electron chi connectivity index (χ1n) is 11.8. The Kier molecular flexibility index (Phi) is 8.35. The lowest BCUT2D eigenvalue weighted by atomic mass is 10.1. The Morgan fingerprint density at radius 1 is 1.06 bits per heavy atom. The summed E-state index contributed by atoms with van der Waals surface area (Å²) in [6.07, 6.45) is 1.76. The van der Waals surface area contributed by atoms with Gasteiger partial charge in [0.05, 0.1) is 23.4 Å². The van der Waals surface area contributed by atoms with Crippen LogP contribution in [0, 0.1) is 6.92 Å². The molecule has 36 heavy (non-hydrogen) atoms. The Morgan fingerprint density at radius 2 is 1.92 bits per heavy atom. The highest BCUT2D eigenvalue weighted by Crippen LogP contribution is 2.39. The van der Waals surface area contributed by atoms with Crippen LogP contribution in [0.5, 0.6) is 11.5 Å². The van der Waals surface area contributed by atoms with Gasteiger partial charge in [0.25, 0.3) is 0 Å². The first-order valence-corrected chi connectivity index (χ1v) is 12.7. The predicted octanol–water partition coefficient (Wildman–Crippen LogP) is 5.70. The fourth-order valence-electron chi connectivity index (χ4n) is 3.59. The van der Waals surface area contributed by atoms with Crippen LogP contribution in [0.2, 0.25) is 0 Å². The van der Waals surface area contributed by atoms with Gasteiger partial charge in [0.2, 0.25) is 5.95 Å². The minimum absolute atomic E-state index is 0.517. The first-order chi connectivity index (χ1) is 17.5. The average Bonchev–Trinajstić information content (AvgIpc) is 3.30. The number of likely N-dealkylation sites (N-methyl/N-ethyl adjacent to an activating group) is 1. The third kappa shape index (κ3) is 6.30. The second-order valence-electron chi connectivity index (χ2n) is 8.48. The summed E-state index contributed by atoms with van der Waals surface area (Å²) in [6, 6.07) is 15.8. The monoisotopic (exact) mass is 504 g/mol. The second kappa shape index (κ2) is 11.8. The molecule has 0 bridgehead atoms. The van der Waals surface area contributed by atoms with Gasteiger partial charge in [0.1, 0.15) is 18.1 Å². The quantitative estimate of drug-likeness (QED) is 0.269. The molecule has 2 N–H and O–H groups in total. The number of ether oxygens (including phenoxy) is 2. The molecule has 0 aliphatic carbocycles. The number of nitrogens with one attached hydrogen (secondary N) is 2. The molecule has 2 aromatic heterocycles. The van der Waals surface area contributed by atoms with Gasteiger partial charge >= 0.3 is 0 Å². The summed E-state index contributed by atoms with van der Waals surface area (Å²) in [5.74, 6) is 2.18. The Hall–Kier alpha value is -3.69. The van der Waals surface area contributed by atoms with Crippen molar-refractivity contribution in [3.63, 3.8) is 0 Å². The van der Waals surface area contributed by atoms with E-state index in [1.807, 2.05) is 69.6 Å². The minimum atomic E-state index is 0.517. The number of nitrogens with zero attached hydrogens (tertiary/aromatic N) is 4. The summed E-state index contributed by atoms with van der Waals surface area (Å²) in [7, 11) is 5.73. The van der Waals surface area contributed by atoms with E-state index in [1.54, 1.807) is 24.6 Å². The molecule has 2 aromatic carbocycles. The number of benzene rings is 2. The van der Waals surface area contributed by atoms with Crippen LogP contribution in [-0.2, 0) is 0 Å². The van der Waals surface area contributed by atoms with E-state index in [0.29, 0.717) is 12.6 Å². The maximum Gasteiger partial charge on any atom is 0.227 e. The summed E-state index contributed by atoms with van der Waals surface area (Å²) >= 11 is 1.57. The van der Waals surface area contributed by atoms with Gasteiger partial charge in [-0.3, -0.25) is 0 Å². The van der Waals surface area contributed by atoms with Gasteiger partial charge in [0.15, 0.2) is 5.13 Å². The molecule has 8 nitrogen and oxygen atoms in total. The number of rotatable bonds is 11. The molecule has 4 rings (SSSR count). The zero-order valence-corrected chi connectivity index (χ0v) is 22.1. The van der Waals surface area contributed by atoms with Crippen molar-refractivity contribution in [1.29, 1.82) is 0 Å². The van der Waals surface area contributed by atoms with Gasteiger partial charge in [-0.1, -0.05) is 23.5 Å². The SMILES string of the molecule is CCNc1nc(-c2cccc(OC)c2)c(-c2ccnc(Nc3ccc(OCCN(C)C)c(C)c3)n2)s1. The van der Waals surface area contributed by atoms with Crippen molar-refractivity contribution in [2.75, 3.05) is 51.5 Å². The molecule has 0 unspecified atom stereocenters. The highest BCUT2D eigenvalue weighted by Gasteiger charge is 2.17. The van der Waals surface area contributed by atoms with Crippen molar-refractivity contribution in [1.82, 2.24) is 19.9 Å². The molecular formula is C27H32N6O2S. The van der Waals surface area contributed by atoms with Crippen LogP contribution < -0.4 is 20.1 Å². The van der Waals surface area contributed by atoms with E-state index in [2.05, 4.69) is 27.4 Å². The zero-order valence-electron chi connectivity index (χ0n) is 21.3. The molecule has 0 amide bonds. The van der Waals surface area contributed by atoms with Gasteiger partial charge in [-0.2, -0.15) is 0 Å². The van der Waals surface area contributed by atoms with E-state index in [9.17, 15) is 0 Å². The molecule has 0 fully saturated rings. The molecule has 0 atom stereocenters. The van der Waals surface area contributed by atoms with Crippen molar-refractivity contribution in [3.8, 4) is 33.3 Å². The summed E-state index contributed by atoms with van der Waals surface area (Å²) in [5.41, 5.74) is 4.57. The molecular weight excluding hydrogens is 472 g/mol. The molecule has 0 spiro atoms. The van der Waals surface area contributed by atoms with Crippen LogP contribution in [0.4, 0.5) is 16.8 Å². The van der Waals surface area contributed by atoms with Gasteiger partial charge < -0.3 is 25.0 Å². The van der Waals surface area contributed by atoms with E-state index < -0.39 is 0 Å². The summed E-state index contributed by atoms with van der Waals surface area (Å²) < 4.78 is 11.3. The number of hydrogen-bond donors (Lipinski definition) is 2. The average molecular weight is 505 g/mol. The van der Waals surface area contributed by atoms with Gasteiger partial charge in [-0.05, 0) is 69.9 Å². The van der Waals surface area contributed by atoms with Crippen LogP contribution in [0.1, 0.15) is 12.5 Å². The maximum atomic E-state index is 5.90. The van der Waals surface area contributed by atoms with Crippen molar-refractivity contribution < 1.29 is 9.47 Å². The lowest BCUT2D eigenvalue weighted by Crippen LogP contribution is -2.19. The van der Waals surface area contributed by atoms with Crippen molar-refractivity contribution in [3.05, 3.63) is 60.3 Å². The van der Waals surface area contributed by atoms with Crippen LogP contribution in [0.15, 0.2) is 54.7 Å². The lowest BCUT2D eigenvalue weighted by Gasteiger charge is -2.14. The van der Waals surface area contributed by atoms with Crippen LogP contribution in [-0.4, -0.2) is 60.8 Å². The van der Waals surface area contributed by atoms with Crippen LogP contribution >= 0.6 is 11.3 Å². The van der Waals surface area contributed by atoms with Crippen molar-refractivity contribution in [2.24, 2.45) is 0 Å². The molecule has 0 aliphatic heterocycles. The number of aryl methyl sites for hydroxylation is 1. The fraction of sp³-hybridized carbons (Fsp3) is 0.296. The smallest absolute Gasteiger partial charge is 0.227 e.